The summed E-state index contributed by atoms with van der Waals surface area (Å²) in [6, 6.07) is 15.7. The number of hydrogen-bond donors (Lipinski definition) is 1. The summed E-state index contributed by atoms with van der Waals surface area (Å²) in [6.07, 6.45) is 1.82. The van der Waals surface area contributed by atoms with Crippen LogP contribution in [0.2, 0.25) is 0 Å². The lowest BCUT2D eigenvalue weighted by Gasteiger charge is -2.24. The lowest BCUT2D eigenvalue weighted by molar-refractivity contribution is -0.120. The van der Waals surface area contributed by atoms with E-state index in [1.807, 2.05) is 62.5 Å². The summed E-state index contributed by atoms with van der Waals surface area (Å²) in [5.41, 5.74) is 9.29. The molecule has 3 rings (SSSR count). The number of nitrogens with zero attached hydrogens (tertiary/aromatic N) is 1. The van der Waals surface area contributed by atoms with Crippen LogP contribution in [0.25, 0.3) is 0 Å². The lowest BCUT2D eigenvalue weighted by atomic mass is 9.94. The van der Waals surface area contributed by atoms with Gasteiger partial charge in [-0.05, 0) is 55.2 Å². The Balaban J connectivity index is 1.89. The van der Waals surface area contributed by atoms with Crippen LogP contribution in [0.5, 0.6) is 0 Å². The summed E-state index contributed by atoms with van der Waals surface area (Å²) < 4.78 is 0. The van der Waals surface area contributed by atoms with Gasteiger partial charge in [-0.2, -0.15) is 0 Å². The summed E-state index contributed by atoms with van der Waals surface area (Å²) in [7, 11) is 1.86. The molecule has 1 amide bonds. The summed E-state index contributed by atoms with van der Waals surface area (Å²) >= 11 is 0. The Labute approximate surface area is 125 Å². The van der Waals surface area contributed by atoms with Gasteiger partial charge in [0.25, 0.3) is 0 Å². The molecule has 2 N–H and O–H groups in total. The molecule has 2 aromatic carbocycles. The van der Waals surface area contributed by atoms with Gasteiger partial charge in [0.15, 0.2) is 0 Å². The highest BCUT2D eigenvalue weighted by molar-refractivity contribution is 6.03. The second kappa shape index (κ2) is 4.92. The number of likely N-dealkylation sites (N-methyl/N-ethyl adjacent to an activating group) is 1. The van der Waals surface area contributed by atoms with Crippen LogP contribution in [0.1, 0.15) is 24.0 Å². The van der Waals surface area contributed by atoms with Crippen molar-refractivity contribution < 1.29 is 4.79 Å². The molecule has 0 bridgehead atoms. The zero-order chi connectivity index (χ0) is 15.0. The molecule has 0 radical (unpaired) electrons. The molecular weight excluding hydrogens is 260 g/mol. The third kappa shape index (κ3) is 2.40. The van der Waals surface area contributed by atoms with E-state index in [0.717, 1.165) is 35.3 Å². The van der Waals surface area contributed by atoms with E-state index in [4.69, 9.17) is 5.73 Å². The fraction of sp³-hybridized carbons (Fsp3) is 0.278. The Morgan fingerprint density at radius 2 is 1.81 bits per heavy atom. The van der Waals surface area contributed by atoms with Crippen molar-refractivity contribution in [3.8, 4) is 0 Å². The first kappa shape index (κ1) is 13.7. The Kier molecular flexibility index (Phi) is 3.20. The van der Waals surface area contributed by atoms with Crippen LogP contribution in [-0.2, 0) is 10.2 Å². The largest absolute Gasteiger partial charge is 0.399 e. The van der Waals surface area contributed by atoms with Gasteiger partial charge >= 0.3 is 0 Å². The number of nitrogens with two attached hydrogens (primary N) is 1. The molecule has 0 aromatic heterocycles. The van der Waals surface area contributed by atoms with Crippen molar-refractivity contribution in [2.24, 2.45) is 0 Å². The fourth-order valence-corrected chi connectivity index (χ4v) is 2.83. The van der Waals surface area contributed by atoms with Gasteiger partial charge in [0.05, 0.1) is 5.41 Å². The molecule has 1 saturated carbocycles. The predicted octanol–water partition coefficient (Wildman–Crippen LogP) is 3.27. The van der Waals surface area contributed by atoms with Crippen LogP contribution < -0.4 is 10.6 Å². The number of benzene rings is 2. The Morgan fingerprint density at radius 1 is 1.14 bits per heavy atom. The second-order valence-corrected chi connectivity index (χ2v) is 5.91. The van der Waals surface area contributed by atoms with Crippen molar-refractivity contribution in [2.75, 3.05) is 17.7 Å². The third-order valence-corrected chi connectivity index (χ3v) is 4.32. The minimum absolute atomic E-state index is 0.165. The highest BCUT2D eigenvalue weighted by atomic mass is 16.2. The maximum absolute atomic E-state index is 12.9. The number of amides is 1. The number of hydrogen-bond acceptors (Lipinski definition) is 2. The van der Waals surface area contributed by atoms with Crippen LogP contribution in [0.15, 0.2) is 48.5 Å². The molecule has 3 nitrogen and oxygen atoms in total. The third-order valence-electron chi connectivity index (χ3n) is 4.32. The number of anilines is 2. The highest BCUT2D eigenvalue weighted by Gasteiger charge is 2.52. The number of carbonyl (C=O) groups excluding carboxylic acids is 1. The van der Waals surface area contributed by atoms with Crippen molar-refractivity contribution in [3.05, 3.63) is 59.7 Å². The molecular formula is C18H20N2O. The van der Waals surface area contributed by atoms with Crippen molar-refractivity contribution >= 4 is 17.3 Å². The summed E-state index contributed by atoms with van der Waals surface area (Å²) in [4.78, 5) is 14.7. The molecule has 0 heterocycles. The maximum atomic E-state index is 12.9. The lowest BCUT2D eigenvalue weighted by Crippen LogP contribution is -2.36. The SMILES string of the molecule is Cc1cccc(N(C)C(=O)C2(c3ccc(N)cc3)CC2)c1. The summed E-state index contributed by atoms with van der Waals surface area (Å²) in [5, 5.41) is 0. The zero-order valence-corrected chi connectivity index (χ0v) is 12.5. The molecule has 1 aliphatic carbocycles. The van der Waals surface area contributed by atoms with Crippen LogP contribution in [-0.4, -0.2) is 13.0 Å². The average Bonchev–Trinajstić information content (AvgIpc) is 3.28. The highest BCUT2D eigenvalue weighted by Crippen LogP contribution is 2.50. The monoisotopic (exact) mass is 280 g/mol. The van der Waals surface area contributed by atoms with Crippen LogP contribution in [0, 0.1) is 6.92 Å². The van der Waals surface area contributed by atoms with Crippen molar-refractivity contribution in [2.45, 2.75) is 25.2 Å². The van der Waals surface area contributed by atoms with Crippen molar-refractivity contribution in [1.82, 2.24) is 0 Å². The maximum Gasteiger partial charge on any atom is 0.237 e. The zero-order valence-electron chi connectivity index (χ0n) is 12.5. The number of rotatable bonds is 3. The van der Waals surface area contributed by atoms with Gasteiger partial charge in [0.1, 0.15) is 0 Å². The molecule has 21 heavy (non-hydrogen) atoms. The van der Waals surface area contributed by atoms with E-state index in [1.165, 1.54) is 0 Å². The molecule has 0 aliphatic heterocycles. The summed E-state index contributed by atoms with van der Waals surface area (Å²) in [6.45, 7) is 2.04. The van der Waals surface area contributed by atoms with Crippen LogP contribution >= 0.6 is 0 Å². The molecule has 0 atom stereocenters. The molecule has 108 valence electrons. The van der Waals surface area contributed by atoms with Crippen LogP contribution in [0.4, 0.5) is 11.4 Å². The second-order valence-electron chi connectivity index (χ2n) is 5.91. The van der Waals surface area contributed by atoms with E-state index in [9.17, 15) is 4.79 Å². The van der Waals surface area contributed by atoms with Gasteiger partial charge in [-0.3, -0.25) is 4.79 Å². The fourth-order valence-electron chi connectivity index (χ4n) is 2.83. The van der Waals surface area contributed by atoms with E-state index in [2.05, 4.69) is 0 Å². The molecule has 3 heteroatoms. The smallest absolute Gasteiger partial charge is 0.237 e. The normalized spacial score (nSPS) is 15.5. The number of nitrogen functional groups attached to an aromatic ring is 1. The standard InChI is InChI=1S/C18H20N2O/c1-13-4-3-5-16(12-13)20(2)17(21)18(10-11-18)14-6-8-15(19)9-7-14/h3-9,12H,10-11,19H2,1-2H3. The van der Waals surface area contributed by atoms with E-state index >= 15 is 0 Å². The number of carbonyl (C=O) groups is 1. The van der Waals surface area contributed by atoms with E-state index < -0.39 is 0 Å². The Hall–Kier alpha value is -2.29. The topological polar surface area (TPSA) is 46.3 Å². The Bertz CT molecular complexity index is 672. The van der Waals surface area contributed by atoms with Gasteiger partial charge in [-0.15, -0.1) is 0 Å². The minimum atomic E-state index is -0.355. The number of aryl methyl sites for hydroxylation is 1. The van der Waals surface area contributed by atoms with Gasteiger partial charge in [-0.25, -0.2) is 0 Å². The van der Waals surface area contributed by atoms with E-state index in [-0.39, 0.29) is 11.3 Å². The van der Waals surface area contributed by atoms with Gasteiger partial charge < -0.3 is 10.6 Å². The first-order valence-corrected chi connectivity index (χ1v) is 7.24. The van der Waals surface area contributed by atoms with Gasteiger partial charge in [0, 0.05) is 18.4 Å². The van der Waals surface area contributed by atoms with E-state index in [1.54, 1.807) is 4.90 Å². The molecule has 1 fully saturated rings. The molecule has 2 aromatic rings. The first-order valence-electron chi connectivity index (χ1n) is 7.24. The molecule has 0 spiro atoms. The molecule has 1 aliphatic rings. The molecule has 0 unspecified atom stereocenters. The van der Waals surface area contributed by atoms with Gasteiger partial charge in [0.2, 0.25) is 5.91 Å². The first-order chi connectivity index (χ1) is 10.0. The van der Waals surface area contributed by atoms with Crippen molar-refractivity contribution in [1.29, 1.82) is 0 Å². The molecule has 0 saturated heterocycles. The summed E-state index contributed by atoms with van der Waals surface area (Å²) in [5.74, 6) is 0.165. The Morgan fingerprint density at radius 3 is 2.38 bits per heavy atom. The van der Waals surface area contributed by atoms with Gasteiger partial charge in [-0.1, -0.05) is 24.3 Å². The quantitative estimate of drug-likeness (QED) is 0.877. The van der Waals surface area contributed by atoms with E-state index in [0.29, 0.717) is 0 Å². The predicted molar refractivity (Wildman–Crippen MR) is 86.4 cm³/mol. The average molecular weight is 280 g/mol. The van der Waals surface area contributed by atoms with Crippen LogP contribution in [0.3, 0.4) is 0 Å². The minimum Gasteiger partial charge on any atom is -0.399 e. The van der Waals surface area contributed by atoms with Crippen molar-refractivity contribution in [3.63, 3.8) is 0 Å².